The van der Waals surface area contributed by atoms with Crippen molar-refractivity contribution in [3.8, 4) is 5.75 Å². The lowest BCUT2D eigenvalue weighted by Gasteiger charge is -2.12. The number of hydrogen-bond acceptors (Lipinski definition) is 2. The summed E-state index contributed by atoms with van der Waals surface area (Å²) < 4.78 is 0. The van der Waals surface area contributed by atoms with Gasteiger partial charge in [0.1, 0.15) is 5.75 Å². The van der Waals surface area contributed by atoms with Crippen LogP contribution in [0.3, 0.4) is 0 Å². The van der Waals surface area contributed by atoms with Gasteiger partial charge in [-0.25, -0.2) is 0 Å². The summed E-state index contributed by atoms with van der Waals surface area (Å²) in [4.78, 5) is 0. The summed E-state index contributed by atoms with van der Waals surface area (Å²) in [5.74, 6) is 0.189. The highest BCUT2D eigenvalue weighted by atomic mass is 35.5. The second-order valence-electron chi connectivity index (χ2n) is 4.06. The molecule has 0 radical (unpaired) electrons. The minimum Gasteiger partial charge on any atom is -0.508 e. The van der Waals surface area contributed by atoms with Crippen molar-refractivity contribution in [3.63, 3.8) is 0 Å². The maximum atomic E-state index is 10.1. The minimum absolute atomic E-state index is 0.189. The Morgan fingerprint density at radius 3 is 2.44 bits per heavy atom. The Morgan fingerprint density at radius 2 is 1.78 bits per heavy atom. The third-order valence-electron chi connectivity index (χ3n) is 2.67. The molecule has 0 amide bonds. The Labute approximate surface area is 115 Å². The molecule has 18 heavy (non-hydrogen) atoms. The van der Waals surface area contributed by atoms with Gasteiger partial charge in [-0.2, -0.15) is 0 Å². The molecule has 0 aliphatic heterocycles. The molecule has 0 heterocycles. The van der Waals surface area contributed by atoms with E-state index in [1.165, 1.54) is 0 Å². The van der Waals surface area contributed by atoms with Crippen molar-refractivity contribution in [3.05, 3.63) is 63.6 Å². The quantitative estimate of drug-likeness (QED) is 0.894. The van der Waals surface area contributed by atoms with E-state index in [1.807, 2.05) is 6.07 Å². The molecule has 0 saturated heterocycles. The third kappa shape index (κ3) is 3.16. The second kappa shape index (κ2) is 5.61. The first kappa shape index (κ1) is 13.2. The molecular weight excluding hydrogens is 271 g/mol. The molecule has 0 aliphatic carbocycles. The molecule has 0 saturated carbocycles. The Hall–Kier alpha value is -1.22. The molecule has 0 aliphatic rings. The van der Waals surface area contributed by atoms with Crippen molar-refractivity contribution in [1.29, 1.82) is 0 Å². The largest absolute Gasteiger partial charge is 0.508 e. The highest BCUT2D eigenvalue weighted by Crippen LogP contribution is 2.27. The standard InChI is InChI=1S/C14H12Cl2O2/c15-12-5-4-10(8-13(12)16)14(18)7-9-2-1-3-11(17)6-9/h1-6,8,14,17-18H,7H2. The molecule has 2 rings (SSSR count). The molecule has 0 bridgehead atoms. The lowest BCUT2D eigenvalue weighted by atomic mass is 10.0. The van der Waals surface area contributed by atoms with E-state index in [-0.39, 0.29) is 5.75 Å². The number of benzene rings is 2. The van der Waals surface area contributed by atoms with Crippen LogP contribution in [0.2, 0.25) is 10.0 Å². The second-order valence-corrected chi connectivity index (χ2v) is 4.88. The topological polar surface area (TPSA) is 40.5 Å². The molecule has 1 atom stereocenters. The van der Waals surface area contributed by atoms with Gasteiger partial charge in [0.25, 0.3) is 0 Å². The van der Waals surface area contributed by atoms with E-state index >= 15 is 0 Å². The summed E-state index contributed by atoms with van der Waals surface area (Å²) in [5.41, 5.74) is 1.56. The van der Waals surface area contributed by atoms with Crippen molar-refractivity contribution in [2.75, 3.05) is 0 Å². The van der Waals surface area contributed by atoms with Crippen LogP contribution in [-0.2, 0) is 6.42 Å². The molecular formula is C14H12Cl2O2. The lowest BCUT2D eigenvalue weighted by Crippen LogP contribution is -2.01. The number of aliphatic hydroxyl groups is 1. The van der Waals surface area contributed by atoms with Gasteiger partial charge < -0.3 is 10.2 Å². The zero-order valence-corrected chi connectivity index (χ0v) is 11.0. The zero-order chi connectivity index (χ0) is 13.1. The maximum Gasteiger partial charge on any atom is 0.115 e. The molecule has 2 nitrogen and oxygen atoms in total. The average molecular weight is 283 g/mol. The van der Waals surface area contributed by atoms with Gasteiger partial charge in [-0.05, 0) is 35.4 Å². The van der Waals surface area contributed by atoms with Crippen LogP contribution in [0.25, 0.3) is 0 Å². The summed E-state index contributed by atoms with van der Waals surface area (Å²) >= 11 is 11.7. The smallest absolute Gasteiger partial charge is 0.115 e. The highest BCUT2D eigenvalue weighted by molar-refractivity contribution is 6.42. The number of phenolic OH excluding ortho intramolecular Hbond substituents is 1. The van der Waals surface area contributed by atoms with Crippen LogP contribution in [0, 0.1) is 0 Å². The highest BCUT2D eigenvalue weighted by Gasteiger charge is 2.10. The van der Waals surface area contributed by atoms with Gasteiger partial charge in [0.05, 0.1) is 16.1 Å². The SMILES string of the molecule is Oc1cccc(CC(O)c2ccc(Cl)c(Cl)c2)c1. The molecule has 1 unspecified atom stereocenters. The molecule has 94 valence electrons. The number of halogens is 2. The molecule has 2 aromatic carbocycles. The van der Waals surface area contributed by atoms with E-state index in [9.17, 15) is 10.2 Å². The van der Waals surface area contributed by atoms with Gasteiger partial charge >= 0.3 is 0 Å². The molecule has 2 N–H and O–H groups in total. The minimum atomic E-state index is -0.679. The monoisotopic (exact) mass is 282 g/mol. The predicted octanol–water partition coefficient (Wildman–Crippen LogP) is 3.98. The van der Waals surface area contributed by atoms with Crippen LogP contribution >= 0.6 is 23.2 Å². The number of aromatic hydroxyl groups is 1. The fourth-order valence-electron chi connectivity index (χ4n) is 1.74. The fraction of sp³-hybridized carbons (Fsp3) is 0.143. The van der Waals surface area contributed by atoms with Gasteiger partial charge in [-0.3, -0.25) is 0 Å². The summed E-state index contributed by atoms with van der Waals surface area (Å²) in [7, 11) is 0. The Bertz CT molecular complexity index is 555. The average Bonchev–Trinajstić information content (AvgIpc) is 2.32. The number of rotatable bonds is 3. The summed E-state index contributed by atoms with van der Waals surface area (Å²) in [6.45, 7) is 0. The molecule has 0 spiro atoms. The van der Waals surface area contributed by atoms with Crippen molar-refractivity contribution in [1.82, 2.24) is 0 Å². The maximum absolute atomic E-state index is 10.1. The first-order chi connectivity index (χ1) is 8.56. The van der Waals surface area contributed by atoms with E-state index < -0.39 is 6.10 Å². The first-order valence-electron chi connectivity index (χ1n) is 5.47. The number of hydrogen-bond donors (Lipinski definition) is 2. The Balaban J connectivity index is 2.16. The van der Waals surface area contributed by atoms with Crippen molar-refractivity contribution in [2.24, 2.45) is 0 Å². The van der Waals surface area contributed by atoms with Gasteiger partial charge in [0, 0.05) is 6.42 Å². The van der Waals surface area contributed by atoms with Crippen LogP contribution in [0.4, 0.5) is 0 Å². The van der Waals surface area contributed by atoms with Crippen LogP contribution in [0.5, 0.6) is 5.75 Å². The summed E-state index contributed by atoms with van der Waals surface area (Å²) in [5, 5.41) is 20.3. The summed E-state index contributed by atoms with van der Waals surface area (Å²) in [6.07, 6.45) is -0.270. The van der Waals surface area contributed by atoms with Gasteiger partial charge in [0.2, 0.25) is 0 Å². The molecule has 0 aromatic heterocycles. The van der Waals surface area contributed by atoms with E-state index in [4.69, 9.17) is 23.2 Å². The van der Waals surface area contributed by atoms with Crippen LogP contribution in [0.15, 0.2) is 42.5 Å². The fourth-order valence-corrected chi connectivity index (χ4v) is 2.05. The Morgan fingerprint density at radius 1 is 1.00 bits per heavy atom. The Kier molecular flexibility index (Phi) is 4.12. The first-order valence-corrected chi connectivity index (χ1v) is 6.23. The van der Waals surface area contributed by atoms with Crippen molar-refractivity contribution >= 4 is 23.2 Å². The third-order valence-corrected chi connectivity index (χ3v) is 3.41. The van der Waals surface area contributed by atoms with Crippen molar-refractivity contribution < 1.29 is 10.2 Å². The van der Waals surface area contributed by atoms with Gasteiger partial charge in [-0.1, -0.05) is 41.4 Å². The molecule has 2 aromatic rings. The lowest BCUT2D eigenvalue weighted by molar-refractivity contribution is 0.178. The predicted molar refractivity (Wildman–Crippen MR) is 73.2 cm³/mol. The van der Waals surface area contributed by atoms with Crippen molar-refractivity contribution in [2.45, 2.75) is 12.5 Å². The van der Waals surface area contributed by atoms with Gasteiger partial charge in [0.15, 0.2) is 0 Å². The van der Waals surface area contributed by atoms with E-state index in [0.717, 1.165) is 5.56 Å². The number of aliphatic hydroxyl groups excluding tert-OH is 1. The molecule has 0 fully saturated rings. The van der Waals surface area contributed by atoms with Crippen LogP contribution < -0.4 is 0 Å². The van der Waals surface area contributed by atoms with E-state index in [1.54, 1.807) is 36.4 Å². The van der Waals surface area contributed by atoms with E-state index in [0.29, 0.717) is 22.0 Å². The zero-order valence-electron chi connectivity index (χ0n) is 9.48. The van der Waals surface area contributed by atoms with E-state index in [2.05, 4.69) is 0 Å². The van der Waals surface area contributed by atoms with Crippen LogP contribution in [0.1, 0.15) is 17.2 Å². The molecule has 4 heteroatoms. The van der Waals surface area contributed by atoms with Crippen LogP contribution in [-0.4, -0.2) is 10.2 Å². The van der Waals surface area contributed by atoms with Gasteiger partial charge in [-0.15, -0.1) is 0 Å². The number of phenols is 1. The summed E-state index contributed by atoms with van der Waals surface area (Å²) in [6, 6.07) is 11.9. The normalized spacial score (nSPS) is 12.4.